The quantitative estimate of drug-likeness (QED) is 0.679. The van der Waals surface area contributed by atoms with Crippen molar-refractivity contribution in [2.75, 3.05) is 11.9 Å². The fourth-order valence-electron chi connectivity index (χ4n) is 3.57. The highest BCUT2D eigenvalue weighted by Crippen LogP contribution is 2.24. The van der Waals surface area contributed by atoms with Gasteiger partial charge in [-0.3, -0.25) is 4.68 Å². The number of ether oxygens (including phenoxy) is 1. The fraction of sp³-hybridized carbons (Fsp3) is 0.273. The number of aromatic nitrogens is 2. The molecule has 1 aliphatic rings. The topological polar surface area (TPSA) is 59.4 Å². The molecular formula is C22H23ClN4O2. The van der Waals surface area contributed by atoms with Crippen LogP contribution in [0, 0.1) is 0 Å². The van der Waals surface area contributed by atoms with E-state index in [1.165, 1.54) is 0 Å². The third-order valence-electron chi connectivity index (χ3n) is 5.04. The van der Waals surface area contributed by atoms with Crippen molar-refractivity contribution in [3.63, 3.8) is 0 Å². The van der Waals surface area contributed by atoms with Crippen LogP contribution in [0.5, 0.6) is 0 Å². The standard InChI is InChI=1S/C22H23ClN4O2/c1-26-21-10-11-27(22(28)24-18-9-5-8-17(23)12-18)13-19(21)20(25-26)15-29-14-16-6-3-2-4-7-16/h2-9,12H,10-11,13-15H2,1H3,(H,24,28). The van der Waals surface area contributed by atoms with E-state index >= 15 is 0 Å². The van der Waals surface area contributed by atoms with Gasteiger partial charge in [0.15, 0.2) is 0 Å². The molecule has 2 heterocycles. The van der Waals surface area contributed by atoms with Gasteiger partial charge in [0.2, 0.25) is 0 Å². The molecule has 0 saturated carbocycles. The number of urea groups is 1. The van der Waals surface area contributed by atoms with Gasteiger partial charge < -0.3 is 15.0 Å². The molecule has 7 heteroatoms. The molecule has 150 valence electrons. The first-order chi connectivity index (χ1) is 14.1. The second-order valence-corrected chi connectivity index (χ2v) is 7.52. The third-order valence-corrected chi connectivity index (χ3v) is 5.27. The number of benzene rings is 2. The van der Waals surface area contributed by atoms with E-state index < -0.39 is 0 Å². The highest BCUT2D eigenvalue weighted by atomic mass is 35.5. The van der Waals surface area contributed by atoms with Crippen LogP contribution in [0.25, 0.3) is 0 Å². The second kappa shape index (κ2) is 8.68. The lowest BCUT2D eigenvalue weighted by atomic mass is 10.1. The van der Waals surface area contributed by atoms with E-state index in [1.807, 2.05) is 54.2 Å². The summed E-state index contributed by atoms with van der Waals surface area (Å²) >= 11 is 6.01. The van der Waals surface area contributed by atoms with Crippen molar-refractivity contribution in [1.29, 1.82) is 0 Å². The average molecular weight is 411 g/mol. The lowest BCUT2D eigenvalue weighted by Crippen LogP contribution is -2.39. The number of anilines is 1. The smallest absolute Gasteiger partial charge is 0.322 e. The molecule has 0 unspecified atom stereocenters. The first-order valence-electron chi connectivity index (χ1n) is 9.57. The molecule has 0 bridgehead atoms. The molecule has 0 radical (unpaired) electrons. The van der Waals surface area contributed by atoms with Crippen LogP contribution in [0.2, 0.25) is 5.02 Å². The molecule has 2 aromatic carbocycles. The lowest BCUT2D eigenvalue weighted by molar-refractivity contribution is 0.103. The van der Waals surface area contributed by atoms with Crippen molar-refractivity contribution in [3.05, 3.63) is 82.1 Å². The van der Waals surface area contributed by atoms with Gasteiger partial charge in [0, 0.05) is 42.0 Å². The van der Waals surface area contributed by atoms with Gasteiger partial charge in [0.1, 0.15) is 0 Å². The maximum atomic E-state index is 12.7. The molecule has 4 rings (SSSR count). The van der Waals surface area contributed by atoms with Crippen LogP contribution in [0.4, 0.5) is 10.5 Å². The van der Waals surface area contributed by atoms with Gasteiger partial charge in [0.25, 0.3) is 0 Å². The maximum Gasteiger partial charge on any atom is 0.322 e. The van der Waals surface area contributed by atoms with Gasteiger partial charge in [-0.2, -0.15) is 5.10 Å². The minimum atomic E-state index is -0.141. The van der Waals surface area contributed by atoms with Crippen LogP contribution in [-0.2, 0) is 38.0 Å². The van der Waals surface area contributed by atoms with Crippen LogP contribution < -0.4 is 5.32 Å². The predicted octanol–water partition coefficient (Wildman–Crippen LogP) is 4.38. The number of rotatable bonds is 5. The summed E-state index contributed by atoms with van der Waals surface area (Å²) < 4.78 is 7.79. The number of aryl methyl sites for hydroxylation is 1. The summed E-state index contributed by atoms with van der Waals surface area (Å²) in [5.41, 5.74) is 4.94. The summed E-state index contributed by atoms with van der Waals surface area (Å²) in [6, 6.07) is 17.1. The number of fused-ring (bicyclic) bond motifs is 1. The number of nitrogens with zero attached hydrogens (tertiary/aromatic N) is 3. The molecule has 1 N–H and O–H groups in total. The summed E-state index contributed by atoms with van der Waals surface area (Å²) in [7, 11) is 1.95. The monoisotopic (exact) mass is 410 g/mol. The van der Waals surface area contributed by atoms with Crippen LogP contribution in [0.1, 0.15) is 22.5 Å². The average Bonchev–Trinajstić information content (AvgIpc) is 3.04. The molecule has 0 aliphatic carbocycles. The molecule has 1 aromatic heterocycles. The van der Waals surface area contributed by atoms with Crippen molar-refractivity contribution in [2.45, 2.75) is 26.2 Å². The minimum absolute atomic E-state index is 0.141. The fourth-order valence-corrected chi connectivity index (χ4v) is 3.76. The van der Waals surface area contributed by atoms with Crippen molar-refractivity contribution in [1.82, 2.24) is 14.7 Å². The number of carbonyl (C=O) groups is 1. The molecule has 1 aliphatic heterocycles. The van der Waals surface area contributed by atoms with Gasteiger partial charge in [0.05, 0.1) is 25.5 Å². The molecule has 0 saturated heterocycles. The Morgan fingerprint density at radius 1 is 1.17 bits per heavy atom. The number of halogens is 1. The molecule has 0 spiro atoms. The zero-order valence-electron chi connectivity index (χ0n) is 16.3. The summed E-state index contributed by atoms with van der Waals surface area (Å²) in [5.74, 6) is 0. The Labute approximate surface area is 175 Å². The Kier molecular flexibility index (Phi) is 5.83. The Hall–Kier alpha value is -2.83. The van der Waals surface area contributed by atoms with E-state index in [-0.39, 0.29) is 6.03 Å². The van der Waals surface area contributed by atoms with E-state index in [0.717, 1.165) is 28.9 Å². The Bertz CT molecular complexity index is 1000. The van der Waals surface area contributed by atoms with Gasteiger partial charge in [-0.25, -0.2) is 4.79 Å². The zero-order valence-corrected chi connectivity index (χ0v) is 17.0. The molecule has 2 amide bonds. The maximum absolute atomic E-state index is 12.7. The van der Waals surface area contributed by atoms with Crippen LogP contribution in [0.3, 0.4) is 0 Å². The number of carbonyl (C=O) groups excluding carboxylic acids is 1. The predicted molar refractivity (Wildman–Crippen MR) is 113 cm³/mol. The van der Waals surface area contributed by atoms with E-state index in [4.69, 9.17) is 16.3 Å². The minimum Gasteiger partial charge on any atom is -0.370 e. The SMILES string of the molecule is Cn1nc(COCc2ccccc2)c2c1CCN(C(=O)Nc1cccc(Cl)c1)C2. The summed E-state index contributed by atoms with van der Waals surface area (Å²) in [6.45, 7) is 2.11. The highest BCUT2D eigenvalue weighted by Gasteiger charge is 2.26. The van der Waals surface area contributed by atoms with E-state index in [0.29, 0.717) is 37.0 Å². The summed E-state index contributed by atoms with van der Waals surface area (Å²) in [4.78, 5) is 14.5. The van der Waals surface area contributed by atoms with E-state index in [2.05, 4.69) is 10.4 Å². The van der Waals surface area contributed by atoms with Gasteiger partial charge in [-0.1, -0.05) is 48.0 Å². The van der Waals surface area contributed by atoms with Crippen LogP contribution >= 0.6 is 11.6 Å². The first kappa shape index (κ1) is 19.5. The highest BCUT2D eigenvalue weighted by molar-refractivity contribution is 6.30. The van der Waals surface area contributed by atoms with Crippen molar-refractivity contribution in [3.8, 4) is 0 Å². The number of nitrogens with one attached hydrogen (secondary N) is 1. The molecule has 0 atom stereocenters. The lowest BCUT2D eigenvalue weighted by Gasteiger charge is -2.28. The number of amides is 2. The summed E-state index contributed by atoms with van der Waals surface area (Å²) in [6.07, 6.45) is 0.764. The second-order valence-electron chi connectivity index (χ2n) is 7.09. The molecule has 29 heavy (non-hydrogen) atoms. The largest absolute Gasteiger partial charge is 0.370 e. The molecule has 6 nitrogen and oxygen atoms in total. The van der Waals surface area contributed by atoms with Crippen molar-refractivity contribution < 1.29 is 9.53 Å². The van der Waals surface area contributed by atoms with Gasteiger partial charge in [-0.05, 0) is 23.8 Å². The molecule has 0 fully saturated rings. The van der Waals surface area contributed by atoms with E-state index in [9.17, 15) is 4.79 Å². The van der Waals surface area contributed by atoms with Crippen molar-refractivity contribution in [2.24, 2.45) is 7.05 Å². The zero-order chi connectivity index (χ0) is 20.2. The first-order valence-corrected chi connectivity index (χ1v) is 9.95. The van der Waals surface area contributed by atoms with Crippen molar-refractivity contribution >= 4 is 23.3 Å². The Balaban J connectivity index is 1.42. The Morgan fingerprint density at radius 2 is 2.00 bits per heavy atom. The van der Waals surface area contributed by atoms with E-state index in [1.54, 1.807) is 17.0 Å². The summed E-state index contributed by atoms with van der Waals surface area (Å²) in [5, 5.41) is 8.14. The number of hydrogen-bond acceptors (Lipinski definition) is 3. The van der Waals surface area contributed by atoms with Crippen LogP contribution in [-0.4, -0.2) is 27.3 Å². The molecule has 3 aromatic rings. The van der Waals surface area contributed by atoms with Gasteiger partial charge in [-0.15, -0.1) is 0 Å². The number of hydrogen-bond donors (Lipinski definition) is 1. The normalized spacial score (nSPS) is 13.2. The third kappa shape index (κ3) is 4.60. The Morgan fingerprint density at radius 3 is 2.79 bits per heavy atom. The molecular weight excluding hydrogens is 388 g/mol. The van der Waals surface area contributed by atoms with Crippen LogP contribution in [0.15, 0.2) is 54.6 Å². The van der Waals surface area contributed by atoms with Gasteiger partial charge >= 0.3 is 6.03 Å².